The zero-order valence-corrected chi connectivity index (χ0v) is 20.6. The Hall–Kier alpha value is -0.750. The molecule has 9 atom stereocenters. The van der Waals surface area contributed by atoms with E-state index in [2.05, 4.69) is 20.8 Å². The molecule has 5 heteroatoms. The van der Waals surface area contributed by atoms with Crippen LogP contribution in [0.3, 0.4) is 0 Å². The minimum absolute atomic E-state index is 0.0148. The van der Waals surface area contributed by atoms with Gasteiger partial charge in [0.1, 0.15) is 0 Å². The predicted octanol–water partition coefficient (Wildman–Crippen LogP) is 3.77. The zero-order chi connectivity index (χ0) is 23.7. The van der Waals surface area contributed by atoms with Gasteiger partial charge in [0.15, 0.2) is 5.78 Å². The van der Waals surface area contributed by atoms with Crippen LogP contribution in [0.4, 0.5) is 0 Å². The first-order chi connectivity index (χ1) is 14.7. The molecule has 3 fully saturated rings. The van der Waals surface area contributed by atoms with E-state index < -0.39 is 23.4 Å². The summed E-state index contributed by atoms with van der Waals surface area (Å²) in [5.74, 6) is 0.301. The van der Waals surface area contributed by atoms with Crippen LogP contribution in [0.5, 0.6) is 0 Å². The zero-order valence-electron chi connectivity index (χ0n) is 20.6. The first kappa shape index (κ1) is 24.4. The summed E-state index contributed by atoms with van der Waals surface area (Å²) >= 11 is 0. The van der Waals surface area contributed by atoms with Crippen LogP contribution in [0.1, 0.15) is 92.4 Å². The molecule has 0 heterocycles. The molecule has 0 unspecified atom stereocenters. The molecule has 4 N–H and O–H groups in total. The number of carbonyl (C=O) groups is 1. The number of fused-ring (bicyclic) bond motifs is 5. The number of aliphatic hydroxyl groups is 4. The number of rotatable bonds is 5. The van der Waals surface area contributed by atoms with Crippen LogP contribution in [-0.2, 0) is 4.79 Å². The Kier molecular flexibility index (Phi) is 6.02. The van der Waals surface area contributed by atoms with Crippen molar-refractivity contribution >= 4 is 5.78 Å². The molecular formula is C27H44O5. The van der Waals surface area contributed by atoms with Crippen LogP contribution in [0.25, 0.3) is 0 Å². The molecule has 0 radical (unpaired) electrons. The van der Waals surface area contributed by atoms with E-state index in [-0.39, 0.29) is 40.3 Å². The van der Waals surface area contributed by atoms with Crippen molar-refractivity contribution in [3.05, 3.63) is 11.6 Å². The molecule has 4 rings (SSSR count). The molecular weight excluding hydrogens is 404 g/mol. The Bertz CT molecular complexity index is 783. The number of hydrogen-bond donors (Lipinski definition) is 4. The number of ketones is 1. The highest BCUT2D eigenvalue weighted by Gasteiger charge is 2.66. The summed E-state index contributed by atoms with van der Waals surface area (Å²) in [5.41, 5.74) is -1.43. The molecule has 32 heavy (non-hydrogen) atoms. The Balaban J connectivity index is 1.61. The van der Waals surface area contributed by atoms with Gasteiger partial charge in [-0.1, -0.05) is 20.8 Å². The van der Waals surface area contributed by atoms with E-state index in [9.17, 15) is 25.2 Å². The van der Waals surface area contributed by atoms with E-state index in [0.29, 0.717) is 25.7 Å². The van der Waals surface area contributed by atoms with Crippen LogP contribution < -0.4 is 0 Å². The number of aliphatic hydroxyl groups excluding tert-OH is 2. The highest BCUT2D eigenvalue weighted by Crippen LogP contribution is 2.68. The summed E-state index contributed by atoms with van der Waals surface area (Å²) in [6.45, 7) is 10.0. The third kappa shape index (κ3) is 3.62. The van der Waals surface area contributed by atoms with Gasteiger partial charge in [0.2, 0.25) is 0 Å². The SMILES string of the molecule is C[C@@H]([C@H](O)CCC(C)(C)O)[C@H]1CC[C@]2(O)C3=CC(=O)[C@@H]4C[C@H](O)CC[C@]4(C)[C@H]3CC[C@]12C. The minimum Gasteiger partial charge on any atom is -0.393 e. The lowest BCUT2D eigenvalue weighted by atomic mass is 9.46. The average Bonchev–Trinajstić information content (AvgIpc) is 2.98. The van der Waals surface area contributed by atoms with Gasteiger partial charge in [-0.05, 0) is 106 Å². The number of hydrogen-bond acceptors (Lipinski definition) is 5. The van der Waals surface area contributed by atoms with E-state index in [4.69, 9.17) is 0 Å². The second kappa shape index (κ2) is 7.90. The van der Waals surface area contributed by atoms with Crippen LogP contribution in [0, 0.1) is 34.5 Å². The molecule has 182 valence electrons. The molecule has 0 saturated heterocycles. The van der Waals surface area contributed by atoms with Gasteiger partial charge in [-0.2, -0.15) is 0 Å². The van der Waals surface area contributed by atoms with Crippen molar-refractivity contribution in [3.8, 4) is 0 Å². The van der Waals surface area contributed by atoms with Crippen molar-refractivity contribution in [2.24, 2.45) is 34.5 Å². The summed E-state index contributed by atoms with van der Waals surface area (Å²) in [5, 5.41) is 43.4. The van der Waals surface area contributed by atoms with E-state index >= 15 is 0 Å². The quantitative estimate of drug-likeness (QED) is 0.513. The van der Waals surface area contributed by atoms with E-state index in [0.717, 1.165) is 37.7 Å². The van der Waals surface area contributed by atoms with Gasteiger partial charge in [-0.3, -0.25) is 4.79 Å². The molecule has 4 aliphatic carbocycles. The summed E-state index contributed by atoms with van der Waals surface area (Å²) in [6.07, 6.45) is 7.33. The Morgan fingerprint density at radius 1 is 1.12 bits per heavy atom. The Morgan fingerprint density at radius 2 is 1.81 bits per heavy atom. The lowest BCUT2D eigenvalue weighted by Gasteiger charge is -2.59. The van der Waals surface area contributed by atoms with Gasteiger partial charge in [-0.25, -0.2) is 0 Å². The van der Waals surface area contributed by atoms with Crippen LogP contribution in [0.15, 0.2) is 11.6 Å². The lowest BCUT2D eigenvalue weighted by Crippen LogP contribution is -2.59. The average molecular weight is 449 g/mol. The number of carbonyl (C=O) groups excluding carboxylic acids is 1. The summed E-state index contributed by atoms with van der Waals surface area (Å²) in [4.78, 5) is 13.2. The van der Waals surface area contributed by atoms with Crippen molar-refractivity contribution in [1.82, 2.24) is 0 Å². The van der Waals surface area contributed by atoms with Gasteiger partial charge in [0.05, 0.1) is 23.4 Å². The fourth-order valence-electron chi connectivity index (χ4n) is 8.23. The summed E-state index contributed by atoms with van der Waals surface area (Å²) < 4.78 is 0. The van der Waals surface area contributed by atoms with Crippen molar-refractivity contribution in [1.29, 1.82) is 0 Å². The van der Waals surface area contributed by atoms with Crippen LogP contribution >= 0.6 is 0 Å². The maximum atomic E-state index is 13.2. The lowest BCUT2D eigenvalue weighted by molar-refractivity contribution is -0.142. The monoisotopic (exact) mass is 448 g/mol. The fraction of sp³-hybridized carbons (Fsp3) is 0.889. The van der Waals surface area contributed by atoms with E-state index in [1.165, 1.54) is 0 Å². The summed E-state index contributed by atoms with van der Waals surface area (Å²) in [6, 6.07) is 0. The summed E-state index contributed by atoms with van der Waals surface area (Å²) in [7, 11) is 0. The van der Waals surface area contributed by atoms with Crippen molar-refractivity contribution in [3.63, 3.8) is 0 Å². The van der Waals surface area contributed by atoms with E-state index in [1.54, 1.807) is 19.9 Å². The first-order valence-electron chi connectivity index (χ1n) is 12.8. The van der Waals surface area contributed by atoms with Crippen molar-refractivity contribution in [2.45, 2.75) is 116 Å². The fourth-order valence-corrected chi connectivity index (χ4v) is 8.23. The highest BCUT2D eigenvalue weighted by molar-refractivity contribution is 5.95. The standard InChI is InChI=1S/C27H44O5/c1-16(22(29)9-10-24(2,3)31)18-8-13-27(32)20-15-23(30)21-14-17(28)6-11-25(21,4)19(20)7-12-26(18,27)5/h15-19,21-22,28-29,31-32H,6-14H2,1-5H3/t16-,17-,18-,19+,21+,22-,25-,26-,27+/m1/s1. The topological polar surface area (TPSA) is 98.0 Å². The van der Waals surface area contributed by atoms with Crippen LogP contribution in [-0.4, -0.2) is 49.6 Å². The van der Waals surface area contributed by atoms with Gasteiger partial charge in [0.25, 0.3) is 0 Å². The highest BCUT2D eigenvalue weighted by atomic mass is 16.3. The largest absolute Gasteiger partial charge is 0.393 e. The molecule has 0 aromatic carbocycles. The normalized spacial score (nSPS) is 46.0. The van der Waals surface area contributed by atoms with Gasteiger partial charge < -0.3 is 20.4 Å². The second-order valence-corrected chi connectivity index (χ2v) is 12.8. The maximum Gasteiger partial charge on any atom is 0.159 e. The van der Waals surface area contributed by atoms with Gasteiger partial charge in [0, 0.05) is 11.3 Å². The molecule has 0 spiro atoms. The Morgan fingerprint density at radius 3 is 2.47 bits per heavy atom. The van der Waals surface area contributed by atoms with Gasteiger partial charge in [-0.15, -0.1) is 0 Å². The number of allylic oxidation sites excluding steroid dienone is 1. The maximum absolute atomic E-state index is 13.2. The van der Waals surface area contributed by atoms with Crippen molar-refractivity contribution in [2.75, 3.05) is 0 Å². The predicted molar refractivity (Wildman–Crippen MR) is 124 cm³/mol. The molecule has 0 bridgehead atoms. The first-order valence-corrected chi connectivity index (χ1v) is 12.8. The molecule has 0 aliphatic heterocycles. The second-order valence-electron chi connectivity index (χ2n) is 12.8. The molecule has 5 nitrogen and oxygen atoms in total. The third-order valence-corrected chi connectivity index (χ3v) is 10.4. The molecule has 3 saturated carbocycles. The molecule has 0 amide bonds. The third-order valence-electron chi connectivity index (χ3n) is 10.4. The van der Waals surface area contributed by atoms with Crippen molar-refractivity contribution < 1.29 is 25.2 Å². The minimum atomic E-state index is -1.01. The van der Waals surface area contributed by atoms with Crippen LogP contribution in [0.2, 0.25) is 0 Å². The molecule has 0 aromatic heterocycles. The molecule has 4 aliphatic rings. The van der Waals surface area contributed by atoms with Gasteiger partial charge >= 0.3 is 0 Å². The smallest absolute Gasteiger partial charge is 0.159 e. The molecule has 0 aromatic rings. The Labute approximate surface area is 193 Å². The van der Waals surface area contributed by atoms with E-state index in [1.807, 2.05) is 0 Å².